The molecule has 1 rings (SSSR count). The lowest BCUT2D eigenvalue weighted by atomic mass is 9.94. The molecule has 0 spiro atoms. The van der Waals surface area contributed by atoms with E-state index in [-0.39, 0.29) is 11.9 Å². The van der Waals surface area contributed by atoms with Gasteiger partial charge in [-0.25, -0.2) is 0 Å². The van der Waals surface area contributed by atoms with Crippen LogP contribution in [0.4, 0.5) is 0 Å². The van der Waals surface area contributed by atoms with E-state index in [4.69, 9.17) is 5.11 Å². The van der Waals surface area contributed by atoms with Crippen molar-refractivity contribution in [3.05, 3.63) is 0 Å². The summed E-state index contributed by atoms with van der Waals surface area (Å²) < 4.78 is 0. The number of aliphatic carboxylic acids is 1. The van der Waals surface area contributed by atoms with Crippen molar-refractivity contribution in [1.29, 1.82) is 0 Å². The highest BCUT2D eigenvalue weighted by atomic mass is 16.4. The average molecular weight is 283 g/mol. The lowest BCUT2D eigenvalue weighted by Crippen LogP contribution is -2.44. The van der Waals surface area contributed by atoms with Gasteiger partial charge in [0.05, 0.1) is 5.92 Å². The molecule has 0 aromatic rings. The number of nitrogens with zero attached hydrogens (tertiary/aromatic N) is 1. The zero-order chi connectivity index (χ0) is 15.0. The van der Waals surface area contributed by atoms with Crippen molar-refractivity contribution in [2.24, 2.45) is 5.92 Å². The minimum absolute atomic E-state index is 0.131. The van der Waals surface area contributed by atoms with E-state index < -0.39 is 11.9 Å². The quantitative estimate of drug-likeness (QED) is 0.812. The molecule has 1 saturated carbocycles. The molecule has 0 radical (unpaired) electrons. The van der Waals surface area contributed by atoms with Gasteiger partial charge in [0.15, 0.2) is 0 Å². The van der Waals surface area contributed by atoms with Crippen molar-refractivity contribution in [3.63, 3.8) is 0 Å². The fraction of sp³-hybridized carbons (Fsp3) is 0.875. The summed E-state index contributed by atoms with van der Waals surface area (Å²) in [5, 5.41) is 9.10. The number of rotatable bonds is 6. The topological polar surface area (TPSA) is 57.6 Å². The Bertz CT molecular complexity index is 309. The molecule has 1 fully saturated rings. The van der Waals surface area contributed by atoms with Crippen LogP contribution in [0.2, 0.25) is 0 Å². The molecule has 1 atom stereocenters. The van der Waals surface area contributed by atoms with Crippen LogP contribution in [0.1, 0.15) is 71.6 Å². The number of carbonyl (C=O) groups is 2. The first kappa shape index (κ1) is 17.0. The Morgan fingerprint density at radius 2 is 1.70 bits per heavy atom. The van der Waals surface area contributed by atoms with Gasteiger partial charge in [0, 0.05) is 19.0 Å². The van der Waals surface area contributed by atoms with Crippen molar-refractivity contribution in [1.82, 2.24) is 4.90 Å². The Kier molecular flexibility index (Phi) is 7.63. The maximum atomic E-state index is 12.3. The highest BCUT2D eigenvalue weighted by Crippen LogP contribution is 2.23. The van der Waals surface area contributed by atoms with Gasteiger partial charge in [-0.05, 0) is 19.3 Å². The van der Waals surface area contributed by atoms with Crippen LogP contribution >= 0.6 is 0 Å². The summed E-state index contributed by atoms with van der Waals surface area (Å²) in [5.41, 5.74) is 0. The first-order chi connectivity index (χ1) is 9.56. The fourth-order valence-corrected chi connectivity index (χ4v) is 2.93. The minimum Gasteiger partial charge on any atom is -0.481 e. The van der Waals surface area contributed by atoms with Crippen LogP contribution in [0.5, 0.6) is 0 Å². The maximum absolute atomic E-state index is 12.3. The molecule has 4 nitrogen and oxygen atoms in total. The van der Waals surface area contributed by atoms with E-state index >= 15 is 0 Å². The third-order valence-corrected chi connectivity index (χ3v) is 4.19. The Balaban J connectivity index is 2.72. The lowest BCUT2D eigenvalue weighted by Gasteiger charge is -2.34. The monoisotopic (exact) mass is 283 g/mol. The first-order valence-corrected chi connectivity index (χ1v) is 8.08. The van der Waals surface area contributed by atoms with E-state index in [0.29, 0.717) is 13.0 Å². The number of carboxylic acids is 1. The van der Waals surface area contributed by atoms with Crippen molar-refractivity contribution >= 4 is 11.9 Å². The Labute approximate surface area is 122 Å². The van der Waals surface area contributed by atoms with Crippen molar-refractivity contribution in [3.8, 4) is 0 Å². The van der Waals surface area contributed by atoms with Gasteiger partial charge in [-0.3, -0.25) is 9.59 Å². The van der Waals surface area contributed by atoms with Crippen molar-refractivity contribution < 1.29 is 14.7 Å². The molecule has 0 aromatic carbocycles. The third-order valence-electron chi connectivity index (χ3n) is 4.19. The van der Waals surface area contributed by atoms with Gasteiger partial charge in [0.1, 0.15) is 0 Å². The standard InChI is InChI=1S/C16H29NO3/c1-3-9-15(18)17(12-13(2)16(19)20)14-10-7-5-4-6-8-11-14/h13-14H,3-12H2,1-2H3,(H,19,20). The third kappa shape index (κ3) is 5.51. The molecule has 1 N–H and O–H groups in total. The summed E-state index contributed by atoms with van der Waals surface area (Å²) in [5.74, 6) is -1.17. The van der Waals surface area contributed by atoms with Crippen LogP contribution in [-0.2, 0) is 9.59 Å². The minimum atomic E-state index is -0.815. The molecule has 0 heterocycles. The van der Waals surface area contributed by atoms with Crippen LogP contribution in [0.25, 0.3) is 0 Å². The molecular weight excluding hydrogens is 254 g/mol. The smallest absolute Gasteiger partial charge is 0.308 e. The number of carbonyl (C=O) groups excluding carboxylic acids is 1. The van der Waals surface area contributed by atoms with Crippen LogP contribution < -0.4 is 0 Å². The highest BCUT2D eigenvalue weighted by molar-refractivity contribution is 5.77. The summed E-state index contributed by atoms with van der Waals surface area (Å²) in [7, 11) is 0. The molecule has 1 aliphatic carbocycles. The van der Waals surface area contributed by atoms with Gasteiger partial charge in [-0.15, -0.1) is 0 Å². The van der Waals surface area contributed by atoms with Crippen LogP contribution in [0.15, 0.2) is 0 Å². The van der Waals surface area contributed by atoms with Gasteiger partial charge >= 0.3 is 5.97 Å². The number of hydrogen-bond acceptors (Lipinski definition) is 2. The SMILES string of the molecule is CCCC(=O)N(CC(C)C(=O)O)C1CCCCCCC1. The lowest BCUT2D eigenvalue weighted by molar-refractivity contribution is -0.144. The average Bonchev–Trinajstić information content (AvgIpc) is 2.36. The predicted octanol–water partition coefficient (Wildman–Crippen LogP) is 3.45. The van der Waals surface area contributed by atoms with E-state index in [9.17, 15) is 9.59 Å². The molecule has 1 unspecified atom stereocenters. The van der Waals surface area contributed by atoms with E-state index in [1.807, 2.05) is 11.8 Å². The summed E-state index contributed by atoms with van der Waals surface area (Å²) >= 11 is 0. The molecule has 0 saturated heterocycles. The number of carboxylic acid groups (broad SMARTS) is 1. The van der Waals surface area contributed by atoms with E-state index in [1.165, 1.54) is 19.3 Å². The molecule has 0 aliphatic heterocycles. The van der Waals surface area contributed by atoms with Gasteiger partial charge in [0.25, 0.3) is 0 Å². The van der Waals surface area contributed by atoms with Crippen molar-refractivity contribution in [2.45, 2.75) is 77.7 Å². The molecule has 1 aliphatic rings. The fourth-order valence-electron chi connectivity index (χ4n) is 2.93. The summed E-state index contributed by atoms with van der Waals surface area (Å²) in [6, 6.07) is 0.246. The molecule has 116 valence electrons. The Morgan fingerprint density at radius 3 is 2.20 bits per heavy atom. The molecule has 0 aromatic heterocycles. The van der Waals surface area contributed by atoms with Gasteiger partial charge in [0.2, 0.25) is 5.91 Å². The molecule has 0 bridgehead atoms. The van der Waals surface area contributed by atoms with E-state index in [2.05, 4.69) is 0 Å². The zero-order valence-electron chi connectivity index (χ0n) is 12.9. The number of amides is 1. The van der Waals surface area contributed by atoms with Gasteiger partial charge < -0.3 is 10.0 Å². The molecule has 20 heavy (non-hydrogen) atoms. The molecular formula is C16H29NO3. The van der Waals surface area contributed by atoms with Gasteiger partial charge in [-0.1, -0.05) is 46.0 Å². The summed E-state index contributed by atoms with van der Waals surface area (Å²) in [4.78, 5) is 25.3. The summed E-state index contributed by atoms with van der Waals surface area (Å²) in [6.07, 6.45) is 9.49. The number of hydrogen-bond donors (Lipinski definition) is 1. The highest BCUT2D eigenvalue weighted by Gasteiger charge is 2.26. The molecule has 4 heteroatoms. The Morgan fingerprint density at radius 1 is 1.15 bits per heavy atom. The second-order valence-corrected chi connectivity index (χ2v) is 6.03. The van der Waals surface area contributed by atoms with Gasteiger partial charge in [-0.2, -0.15) is 0 Å². The van der Waals surface area contributed by atoms with Crippen LogP contribution in [-0.4, -0.2) is 34.5 Å². The second kappa shape index (κ2) is 8.98. The maximum Gasteiger partial charge on any atom is 0.308 e. The van der Waals surface area contributed by atoms with E-state index in [0.717, 1.165) is 32.1 Å². The molecule has 1 amide bonds. The Hall–Kier alpha value is -1.06. The normalized spacial score (nSPS) is 18.9. The van der Waals surface area contributed by atoms with Crippen molar-refractivity contribution in [2.75, 3.05) is 6.54 Å². The zero-order valence-corrected chi connectivity index (χ0v) is 12.9. The first-order valence-electron chi connectivity index (χ1n) is 8.08. The van der Waals surface area contributed by atoms with Crippen LogP contribution in [0, 0.1) is 5.92 Å². The second-order valence-electron chi connectivity index (χ2n) is 6.03. The largest absolute Gasteiger partial charge is 0.481 e. The van der Waals surface area contributed by atoms with E-state index in [1.54, 1.807) is 6.92 Å². The van der Waals surface area contributed by atoms with Crippen LogP contribution in [0.3, 0.4) is 0 Å². The summed E-state index contributed by atoms with van der Waals surface area (Å²) in [6.45, 7) is 4.05. The predicted molar refractivity (Wildman–Crippen MR) is 79.5 cm³/mol.